The van der Waals surface area contributed by atoms with Gasteiger partial charge in [0.05, 0.1) is 16.2 Å². The van der Waals surface area contributed by atoms with Gasteiger partial charge in [-0.05, 0) is 65.7 Å². The number of amides is 1. The number of benzene rings is 2. The highest BCUT2D eigenvalue weighted by molar-refractivity contribution is 9.10. The summed E-state index contributed by atoms with van der Waals surface area (Å²) in [5.74, 6) is 0.655. The van der Waals surface area contributed by atoms with E-state index >= 15 is 0 Å². The summed E-state index contributed by atoms with van der Waals surface area (Å²) in [5.41, 5.74) is 2.53. The number of halogens is 1. The first-order chi connectivity index (χ1) is 13.1. The van der Waals surface area contributed by atoms with Crippen LogP contribution in [0.2, 0.25) is 0 Å². The maximum atomic E-state index is 12.6. The lowest BCUT2D eigenvalue weighted by Crippen LogP contribution is -2.28. The quantitative estimate of drug-likeness (QED) is 0.592. The van der Waals surface area contributed by atoms with Crippen LogP contribution in [0, 0.1) is 0 Å². The third-order valence-corrected chi connectivity index (χ3v) is 4.92. The Morgan fingerprint density at radius 1 is 1.22 bits per heavy atom. The molecule has 0 radical (unpaired) electrons. The molecule has 5 nitrogen and oxygen atoms in total. The summed E-state index contributed by atoms with van der Waals surface area (Å²) in [6, 6.07) is 17.0. The summed E-state index contributed by atoms with van der Waals surface area (Å²) in [5, 5.41) is 7.29. The van der Waals surface area contributed by atoms with Crippen molar-refractivity contribution in [2.24, 2.45) is 0 Å². The first-order valence-corrected chi connectivity index (χ1v) is 9.66. The van der Waals surface area contributed by atoms with Crippen LogP contribution in [-0.2, 0) is 13.2 Å². The van der Waals surface area contributed by atoms with E-state index in [0.717, 1.165) is 28.0 Å². The van der Waals surface area contributed by atoms with Gasteiger partial charge in [0.25, 0.3) is 5.91 Å². The van der Waals surface area contributed by atoms with E-state index in [1.807, 2.05) is 67.1 Å². The summed E-state index contributed by atoms with van der Waals surface area (Å²) in [6.07, 6.45) is 1.75. The molecule has 0 saturated heterocycles. The Morgan fingerprint density at radius 3 is 2.81 bits per heavy atom. The van der Waals surface area contributed by atoms with Gasteiger partial charge in [-0.3, -0.25) is 9.48 Å². The molecule has 1 N–H and O–H groups in total. The van der Waals surface area contributed by atoms with Crippen molar-refractivity contribution in [1.29, 1.82) is 0 Å². The second kappa shape index (κ2) is 8.86. The van der Waals surface area contributed by atoms with Gasteiger partial charge in [-0.15, -0.1) is 0 Å². The summed E-state index contributed by atoms with van der Waals surface area (Å²) in [7, 11) is 0. The van der Waals surface area contributed by atoms with Crippen LogP contribution in [0.1, 0.15) is 41.5 Å². The number of carbonyl (C=O) groups is 1. The third-order valence-electron chi connectivity index (χ3n) is 4.26. The number of nitrogens with one attached hydrogen (secondary N) is 1. The van der Waals surface area contributed by atoms with Crippen LogP contribution in [0.3, 0.4) is 0 Å². The molecule has 140 valence electrons. The molecule has 27 heavy (non-hydrogen) atoms. The molecule has 0 fully saturated rings. The Labute approximate surface area is 167 Å². The van der Waals surface area contributed by atoms with E-state index in [4.69, 9.17) is 4.74 Å². The SMILES string of the molecule is CCn1nccc1C(C)NC(=O)c1cccc(COc2ccccc2Br)c1. The van der Waals surface area contributed by atoms with Crippen LogP contribution in [-0.4, -0.2) is 15.7 Å². The third kappa shape index (κ3) is 4.77. The Balaban J connectivity index is 1.66. The van der Waals surface area contributed by atoms with Gasteiger partial charge in [-0.2, -0.15) is 5.10 Å². The van der Waals surface area contributed by atoms with E-state index in [-0.39, 0.29) is 11.9 Å². The predicted molar refractivity (Wildman–Crippen MR) is 109 cm³/mol. The monoisotopic (exact) mass is 427 g/mol. The van der Waals surface area contributed by atoms with E-state index in [0.29, 0.717) is 12.2 Å². The van der Waals surface area contributed by atoms with Crippen molar-refractivity contribution < 1.29 is 9.53 Å². The van der Waals surface area contributed by atoms with Crippen molar-refractivity contribution in [3.63, 3.8) is 0 Å². The molecule has 0 spiro atoms. The van der Waals surface area contributed by atoms with Gasteiger partial charge in [-0.25, -0.2) is 0 Å². The molecule has 6 heteroatoms. The number of para-hydroxylation sites is 1. The number of hydrogen-bond donors (Lipinski definition) is 1. The molecule has 0 aliphatic heterocycles. The largest absolute Gasteiger partial charge is 0.488 e. The minimum atomic E-state index is -0.125. The van der Waals surface area contributed by atoms with Gasteiger partial charge in [0.2, 0.25) is 0 Å². The maximum Gasteiger partial charge on any atom is 0.251 e. The van der Waals surface area contributed by atoms with Crippen LogP contribution in [0.5, 0.6) is 5.75 Å². The van der Waals surface area contributed by atoms with Gasteiger partial charge >= 0.3 is 0 Å². The molecule has 1 heterocycles. The zero-order valence-corrected chi connectivity index (χ0v) is 16.9. The maximum absolute atomic E-state index is 12.6. The minimum absolute atomic E-state index is 0.117. The number of rotatable bonds is 7. The summed E-state index contributed by atoms with van der Waals surface area (Å²) in [6.45, 7) is 5.15. The molecule has 1 atom stereocenters. The number of hydrogen-bond acceptors (Lipinski definition) is 3. The van der Waals surface area contributed by atoms with E-state index in [2.05, 4.69) is 26.3 Å². The van der Waals surface area contributed by atoms with Crippen LogP contribution in [0.15, 0.2) is 65.3 Å². The molecule has 0 aliphatic rings. The summed E-state index contributed by atoms with van der Waals surface area (Å²) < 4.78 is 8.62. The first kappa shape index (κ1) is 19.2. The molecule has 1 unspecified atom stereocenters. The lowest BCUT2D eigenvalue weighted by Gasteiger charge is -2.16. The molecular weight excluding hydrogens is 406 g/mol. The number of ether oxygens (including phenoxy) is 1. The first-order valence-electron chi connectivity index (χ1n) is 8.87. The van der Waals surface area contributed by atoms with Crippen LogP contribution >= 0.6 is 15.9 Å². The fourth-order valence-electron chi connectivity index (χ4n) is 2.85. The highest BCUT2D eigenvalue weighted by Gasteiger charge is 2.15. The Bertz CT molecular complexity index is 923. The van der Waals surface area contributed by atoms with Crippen molar-refractivity contribution in [3.05, 3.63) is 82.1 Å². The van der Waals surface area contributed by atoms with E-state index in [1.165, 1.54) is 0 Å². The normalized spacial score (nSPS) is 11.8. The Kier molecular flexibility index (Phi) is 6.29. The van der Waals surface area contributed by atoms with Gasteiger partial charge in [0, 0.05) is 18.3 Å². The Hall–Kier alpha value is -2.60. The second-order valence-corrected chi connectivity index (χ2v) is 7.04. The number of aryl methyl sites for hydroxylation is 1. The molecule has 3 aromatic rings. The van der Waals surface area contributed by atoms with Crippen LogP contribution in [0.4, 0.5) is 0 Å². The lowest BCUT2D eigenvalue weighted by atomic mass is 10.1. The number of carbonyl (C=O) groups excluding carboxylic acids is 1. The van der Waals surface area contributed by atoms with Crippen LogP contribution in [0.25, 0.3) is 0 Å². The molecule has 0 saturated carbocycles. The Morgan fingerprint density at radius 2 is 2.04 bits per heavy atom. The van der Waals surface area contributed by atoms with E-state index < -0.39 is 0 Å². The number of nitrogens with zero attached hydrogens (tertiary/aromatic N) is 2. The molecule has 1 amide bonds. The summed E-state index contributed by atoms with van der Waals surface area (Å²) in [4.78, 5) is 12.6. The van der Waals surface area contributed by atoms with Crippen molar-refractivity contribution in [1.82, 2.24) is 15.1 Å². The fourth-order valence-corrected chi connectivity index (χ4v) is 3.25. The summed E-state index contributed by atoms with van der Waals surface area (Å²) >= 11 is 3.47. The molecular formula is C21H22BrN3O2. The smallest absolute Gasteiger partial charge is 0.251 e. The van der Waals surface area contributed by atoms with Crippen molar-refractivity contribution in [2.75, 3.05) is 0 Å². The zero-order chi connectivity index (χ0) is 19.2. The van der Waals surface area contributed by atoms with E-state index in [9.17, 15) is 4.79 Å². The average Bonchev–Trinajstić information content (AvgIpc) is 3.16. The van der Waals surface area contributed by atoms with E-state index in [1.54, 1.807) is 12.3 Å². The molecule has 2 aromatic carbocycles. The number of aromatic nitrogens is 2. The van der Waals surface area contributed by atoms with Crippen LogP contribution < -0.4 is 10.1 Å². The molecule has 0 aliphatic carbocycles. The van der Waals surface area contributed by atoms with Gasteiger partial charge < -0.3 is 10.1 Å². The van der Waals surface area contributed by atoms with Gasteiger partial charge in [0.15, 0.2) is 0 Å². The van der Waals surface area contributed by atoms with Gasteiger partial charge in [-0.1, -0.05) is 24.3 Å². The second-order valence-electron chi connectivity index (χ2n) is 6.19. The lowest BCUT2D eigenvalue weighted by molar-refractivity contribution is 0.0938. The minimum Gasteiger partial charge on any atom is -0.488 e. The zero-order valence-electron chi connectivity index (χ0n) is 15.4. The van der Waals surface area contributed by atoms with Gasteiger partial charge in [0.1, 0.15) is 12.4 Å². The van der Waals surface area contributed by atoms with Crippen molar-refractivity contribution in [2.45, 2.75) is 33.0 Å². The van der Waals surface area contributed by atoms with Crippen molar-refractivity contribution >= 4 is 21.8 Å². The highest BCUT2D eigenvalue weighted by Crippen LogP contribution is 2.24. The molecule has 1 aromatic heterocycles. The molecule has 0 bridgehead atoms. The average molecular weight is 428 g/mol. The van der Waals surface area contributed by atoms with Crippen molar-refractivity contribution in [3.8, 4) is 5.75 Å². The predicted octanol–water partition coefficient (Wildman–Crippen LogP) is 4.74. The molecule has 3 rings (SSSR count). The standard InChI is InChI=1S/C21H22BrN3O2/c1-3-25-19(11-12-23-25)15(2)24-21(26)17-8-6-7-16(13-17)14-27-20-10-5-4-9-18(20)22/h4-13,15H,3,14H2,1-2H3,(H,24,26). The highest BCUT2D eigenvalue weighted by atomic mass is 79.9. The topological polar surface area (TPSA) is 56.2 Å². The fraction of sp³-hybridized carbons (Fsp3) is 0.238.